The lowest BCUT2D eigenvalue weighted by molar-refractivity contribution is 0.0739. The average molecular weight is 384 g/mol. The van der Waals surface area contributed by atoms with Gasteiger partial charge < -0.3 is 19.6 Å². The van der Waals surface area contributed by atoms with Crippen molar-refractivity contribution in [2.45, 2.75) is 0 Å². The normalized spacial score (nSPS) is 18.4. The molecule has 2 aliphatic rings. The number of rotatable bonds is 3. The molecule has 0 unspecified atom stereocenters. The Morgan fingerprint density at radius 2 is 1.46 bits per heavy atom. The van der Waals surface area contributed by atoms with Crippen LogP contribution in [0.4, 0.5) is 15.9 Å². The number of aromatic nitrogens is 2. The third-order valence-electron chi connectivity index (χ3n) is 5.46. The predicted octanol–water partition coefficient (Wildman–Crippen LogP) is 1.33. The fraction of sp³-hybridized carbons (Fsp3) is 0.450. The Balaban J connectivity index is 1.34. The van der Waals surface area contributed by atoms with E-state index in [-0.39, 0.29) is 11.7 Å². The number of carbonyl (C=O) groups is 1. The number of hydrogen-bond acceptors (Lipinski definition) is 6. The lowest BCUT2D eigenvalue weighted by Crippen LogP contribution is -2.49. The molecule has 2 saturated heterocycles. The van der Waals surface area contributed by atoms with E-state index < -0.39 is 0 Å². The summed E-state index contributed by atoms with van der Waals surface area (Å²) >= 11 is 0. The highest BCUT2D eigenvalue weighted by molar-refractivity contribution is 5.92. The summed E-state index contributed by atoms with van der Waals surface area (Å²) < 4.78 is 13.1. The molecule has 2 aliphatic heterocycles. The zero-order valence-electron chi connectivity index (χ0n) is 16.1. The molecule has 0 N–H and O–H groups in total. The Hall–Kier alpha value is -2.74. The molecule has 1 aromatic carbocycles. The van der Waals surface area contributed by atoms with E-state index in [0.717, 1.165) is 37.7 Å². The first kappa shape index (κ1) is 18.6. The van der Waals surface area contributed by atoms with E-state index in [1.807, 2.05) is 6.07 Å². The molecule has 0 bridgehead atoms. The fourth-order valence-electron chi connectivity index (χ4n) is 3.63. The summed E-state index contributed by atoms with van der Waals surface area (Å²) in [6.45, 7) is 6.49. The second kappa shape index (κ2) is 8.10. The van der Waals surface area contributed by atoms with Crippen LogP contribution in [-0.4, -0.2) is 85.3 Å². The first-order valence-electron chi connectivity index (χ1n) is 9.67. The van der Waals surface area contributed by atoms with Gasteiger partial charge in [0.1, 0.15) is 5.82 Å². The van der Waals surface area contributed by atoms with Crippen LogP contribution < -0.4 is 9.80 Å². The Bertz CT molecular complexity index is 796. The third-order valence-corrected chi connectivity index (χ3v) is 5.46. The van der Waals surface area contributed by atoms with E-state index in [9.17, 15) is 9.18 Å². The van der Waals surface area contributed by atoms with Crippen LogP contribution in [0.5, 0.6) is 0 Å². The lowest BCUT2D eigenvalue weighted by atomic mass is 10.2. The third kappa shape index (κ3) is 4.06. The van der Waals surface area contributed by atoms with Crippen molar-refractivity contribution in [2.75, 3.05) is 69.2 Å². The maximum Gasteiger partial charge on any atom is 0.274 e. The molecule has 28 heavy (non-hydrogen) atoms. The van der Waals surface area contributed by atoms with Crippen molar-refractivity contribution >= 4 is 17.4 Å². The van der Waals surface area contributed by atoms with Crippen molar-refractivity contribution in [1.82, 2.24) is 20.0 Å². The van der Waals surface area contributed by atoms with E-state index in [0.29, 0.717) is 31.9 Å². The van der Waals surface area contributed by atoms with Crippen LogP contribution in [0.3, 0.4) is 0 Å². The van der Waals surface area contributed by atoms with Gasteiger partial charge >= 0.3 is 0 Å². The summed E-state index contributed by atoms with van der Waals surface area (Å²) in [7, 11) is 2.11. The Morgan fingerprint density at radius 3 is 2.07 bits per heavy atom. The molecule has 0 aliphatic carbocycles. The van der Waals surface area contributed by atoms with Crippen LogP contribution in [0.15, 0.2) is 36.4 Å². The minimum Gasteiger partial charge on any atom is -0.368 e. The number of benzene rings is 1. The highest BCUT2D eigenvalue weighted by Gasteiger charge is 2.24. The molecule has 148 valence electrons. The first-order chi connectivity index (χ1) is 13.6. The number of halogens is 1. The lowest BCUT2D eigenvalue weighted by Gasteiger charge is -2.36. The van der Waals surface area contributed by atoms with Crippen LogP contribution in [0.1, 0.15) is 10.5 Å². The molecule has 0 radical (unpaired) electrons. The molecule has 2 aromatic rings. The number of amides is 1. The number of piperazine rings is 2. The topological polar surface area (TPSA) is 55.8 Å². The summed E-state index contributed by atoms with van der Waals surface area (Å²) in [4.78, 5) is 21.2. The van der Waals surface area contributed by atoms with Crippen molar-refractivity contribution in [3.05, 3.63) is 47.9 Å². The van der Waals surface area contributed by atoms with Crippen molar-refractivity contribution in [3.63, 3.8) is 0 Å². The average Bonchev–Trinajstić information content (AvgIpc) is 2.75. The van der Waals surface area contributed by atoms with Crippen LogP contribution in [0.25, 0.3) is 0 Å². The standard InChI is InChI=1S/C20H25FN6O/c1-24-8-10-26(11-9-24)19-7-6-18(22-23-19)20(28)27-14-12-25(13-15-27)17-4-2-16(21)3-5-17/h2-7H,8-15H2,1H3. The highest BCUT2D eigenvalue weighted by atomic mass is 19.1. The maximum atomic E-state index is 13.1. The molecular weight excluding hydrogens is 359 g/mol. The molecule has 0 atom stereocenters. The first-order valence-corrected chi connectivity index (χ1v) is 9.67. The van der Waals surface area contributed by atoms with E-state index in [1.54, 1.807) is 23.1 Å². The van der Waals surface area contributed by atoms with Gasteiger partial charge in [-0.05, 0) is 43.4 Å². The molecule has 4 rings (SSSR count). The predicted molar refractivity (Wildman–Crippen MR) is 106 cm³/mol. The minimum atomic E-state index is -0.240. The van der Waals surface area contributed by atoms with Crippen molar-refractivity contribution in [1.29, 1.82) is 0 Å². The quantitative estimate of drug-likeness (QED) is 0.796. The number of carbonyl (C=O) groups excluding carboxylic acids is 1. The van der Waals surface area contributed by atoms with Crippen LogP contribution in [0, 0.1) is 5.82 Å². The summed E-state index contributed by atoms with van der Waals surface area (Å²) in [5.41, 5.74) is 1.36. The largest absolute Gasteiger partial charge is 0.368 e. The SMILES string of the molecule is CN1CCN(c2ccc(C(=O)N3CCN(c4ccc(F)cc4)CC3)nn2)CC1. The number of likely N-dealkylation sites (N-methyl/N-ethyl adjacent to an activating group) is 1. The molecule has 0 spiro atoms. The molecule has 1 aromatic heterocycles. The summed E-state index contributed by atoms with van der Waals surface area (Å²) in [6.07, 6.45) is 0. The molecule has 0 saturated carbocycles. The summed E-state index contributed by atoms with van der Waals surface area (Å²) in [5.74, 6) is 0.498. The van der Waals surface area contributed by atoms with E-state index in [4.69, 9.17) is 0 Å². The Morgan fingerprint density at radius 1 is 0.821 bits per heavy atom. The second-order valence-electron chi connectivity index (χ2n) is 7.32. The molecule has 2 fully saturated rings. The zero-order chi connectivity index (χ0) is 19.5. The molecular formula is C20H25FN6O. The Kier molecular flexibility index (Phi) is 5.38. The van der Waals surface area contributed by atoms with Crippen molar-refractivity contribution in [2.24, 2.45) is 0 Å². The maximum absolute atomic E-state index is 13.1. The van der Waals surface area contributed by atoms with Gasteiger partial charge in [-0.1, -0.05) is 0 Å². The van der Waals surface area contributed by atoms with E-state index in [2.05, 4.69) is 31.9 Å². The minimum absolute atomic E-state index is 0.0869. The van der Waals surface area contributed by atoms with Gasteiger partial charge in [-0.25, -0.2) is 4.39 Å². The van der Waals surface area contributed by atoms with Gasteiger partial charge in [0, 0.05) is 58.0 Å². The van der Waals surface area contributed by atoms with Crippen LogP contribution in [0.2, 0.25) is 0 Å². The van der Waals surface area contributed by atoms with Gasteiger partial charge in [-0.3, -0.25) is 4.79 Å². The van der Waals surface area contributed by atoms with Gasteiger partial charge in [0.05, 0.1) is 0 Å². The van der Waals surface area contributed by atoms with Gasteiger partial charge in [0.15, 0.2) is 11.5 Å². The monoisotopic (exact) mass is 384 g/mol. The summed E-state index contributed by atoms with van der Waals surface area (Å²) in [6, 6.07) is 10.1. The molecule has 8 heteroatoms. The van der Waals surface area contributed by atoms with E-state index in [1.165, 1.54) is 12.1 Å². The number of anilines is 2. The molecule has 7 nitrogen and oxygen atoms in total. The Labute approximate surface area is 164 Å². The van der Waals surface area contributed by atoms with Crippen LogP contribution >= 0.6 is 0 Å². The van der Waals surface area contributed by atoms with Gasteiger partial charge in [-0.15, -0.1) is 10.2 Å². The summed E-state index contributed by atoms with van der Waals surface area (Å²) in [5, 5.41) is 8.46. The number of hydrogen-bond donors (Lipinski definition) is 0. The second-order valence-corrected chi connectivity index (χ2v) is 7.32. The molecule has 3 heterocycles. The van der Waals surface area contributed by atoms with Gasteiger partial charge in [0.2, 0.25) is 0 Å². The molecule has 1 amide bonds. The number of nitrogens with zero attached hydrogens (tertiary/aromatic N) is 6. The highest BCUT2D eigenvalue weighted by Crippen LogP contribution is 2.18. The van der Waals surface area contributed by atoms with Crippen LogP contribution in [-0.2, 0) is 0 Å². The van der Waals surface area contributed by atoms with E-state index >= 15 is 0 Å². The van der Waals surface area contributed by atoms with Gasteiger partial charge in [0.25, 0.3) is 5.91 Å². The van der Waals surface area contributed by atoms with Crippen molar-refractivity contribution < 1.29 is 9.18 Å². The fourth-order valence-corrected chi connectivity index (χ4v) is 3.63. The smallest absolute Gasteiger partial charge is 0.274 e. The van der Waals surface area contributed by atoms with Crippen molar-refractivity contribution in [3.8, 4) is 0 Å². The zero-order valence-corrected chi connectivity index (χ0v) is 16.1. The van der Waals surface area contributed by atoms with Gasteiger partial charge in [-0.2, -0.15) is 0 Å².